The summed E-state index contributed by atoms with van der Waals surface area (Å²) in [6, 6.07) is 8.09. The summed E-state index contributed by atoms with van der Waals surface area (Å²) in [6.07, 6.45) is 1.20. The number of morpholine rings is 1. The molecule has 1 aliphatic rings. The van der Waals surface area contributed by atoms with Gasteiger partial charge in [0, 0.05) is 6.54 Å². The number of nitrogens with two attached hydrogens (primary N) is 1. The predicted octanol–water partition coefficient (Wildman–Crippen LogP) is 2.14. The van der Waals surface area contributed by atoms with Crippen LogP contribution in [0, 0.1) is 11.3 Å². The molecule has 1 aromatic carbocycles. The largest absolute Gasteiger partial charge is 0.396 e. The van der Waals surface area contributed by atoms with E-state index in [1.165, 1.54) is 0 Å². The van der Waals surface area contributed by atoms with Gasteiger partial charge in [-0.2, -0.15) is 5.26 Å². The Hall–Kier alpha value is -1.73. The van der Waals surface area contributed by atoms with E-state index in [0.29, 0.717) is 23.9 Å². The maximum absolute atomic E-state index is 9.04. The molecule has 4 nitrogen and oxygen atoms in total. The molecule has 0 bridgehead atoms. The highest BCUT2D eigenvalue weighted by Gasteiger charge is 2.27. The maximum Gasteiger partial charge on any atom is 0.101 e. The van der Waals surface area contributed by atoms with Crippen molar-refractivity contribution in [3.63, 3.8) is 0 Å². The Labute approximate surface area is 108 Å². The summed E-state index contributed by atoms with van der Waals surface area (Å²) in [5.74, 6) is 0. The number of benzene rings is 1. The van der Waals surface area contributed by atoms with Crippen LogP contribution in [0.3, 0.4) is 0 Å². The topological polar surface area (TPSA) is 62.3 Å². The zero-order valence-electron chi connectivity index (χ0n) is 10.9. The molecule has 1 heterocycles. The van der Waals surface area contributed by atoms with Gasteiger partial charge in [0.15, 0.2) is 0 Å². The number of anilines is 2. The van der Waals surface area contributed by atoms with Crippen molar-refractivity contribution in [3.8, 4) is 6.07 Å². The number of nitrogen functional groups attached to an aromatic ring is 1. The van der Waals surface area contributed by atoms with Gasteiger partial charge < -0.3 is 15.4 Å². The number of rotatable bonds is 2. The number of para-hydroxylation sites is 1. The first kappa shape index (κ1) is 12.7. The van der Waals surface area contributed by atoms with Crippen LogP contribution >= 0.6 is 0 Å². The number of hydrogen-bond donors (Lipinski definition) is 1. The van der Waals surface area contributed by atoms with Crippen LogP contribution in [-0.4, -0.2) is 25.3 Å². The Bertz CT molecular complexity index is 467. The number of nitriles is 1. The number of hydrogen-bond acceptors (Lipinski definition) is 4. The molecule has 1 aliphatic heterocycles. The molecule has 0 spiro atoms. The lowest BCUT2D eigenvalue weighted by atomic mass is 10.1. The van der Waals surface area contributed by atoms with Crippen molar-refractivity contribution < 1.29 is 4.74 Å². The van der Waals surface area contributed by atoms with Crippen LogP contribution in [0.15, 0.2) is 18.2 Å². The quantitative estimate of drug-likeness (QED) is 0.811. The second-order valence-electron chi connectivity index (χ2n) is 4.71. The maximum atomic E-state index is 9.04. The van der Waals surface area contributed by atoms with Gasteiger partial charge in [0.25, 0.3) is 0 Å². The third kappa shape index (κ3) is 2.27. The number of ether oxygens (including phenoxy) is 1. The molecule has 18 heavy (non-hydrogen) atoms. The van der Waals surface area contributed by atoms with Crippen molar-refractivity contribution in [2.75, 3.05) is 23.8 Å². The smallest absolute Gasteiger partial charge is 0.101 e. The van der Waals surface area contributed by atoms with Crippen molar-refractivity contribution in [2.45, 2.75) is 32.4 Å². The Balaban J connectivity index is 2.37. The molecule has 2 rings (SSSR count). The van der Waals surface area contributed by atoms with Crippen molar-refractivity contribution in [1.29, 1.82) is 5.26 Å². The summed E-state index contributed by atoms with van der Waals surface area (Å²) in [7, 11) is 0. The lowest BCUT2D eigenvalue weighted by Gasteiger charge is -2.40. The summed E-state index contributed by atoms with van der Waals surface area (Å²) >= 11 is 0. The van der Waals surface area contributed by atoms with Gasteiger partial charge in [-0.15, -0.1) is 0 Å². The van der Waals surface area contributed by atoms with E-state index in [0.717, 1.165) is 18.7 Å². The molecule has 0 radical (unpaired) electrons. The first-order chi connectivity index (χ1) is 8.67. The van der Waals surface area contributed by atoms with Gasteiger partial charge in [0.1, 0.15) is 6.07 Å². The molecule has 2 atom stereocenters. The van der Waals surface area contributed by atoms with Crippen molar-refractivity contribution in [1.82, 2.24) is 0 Å². The van der Waals surface area contributed by atoms with E-state index in [4.69, 9.17) is 15.7 Å². The molecular weight excluding hydrogens is 226 g/mol. The highest BCUT2D eigenvalue weighted by Crippen LogP contribution is 2.30. The monoisotopic (exact) mass is 245 g/mol. The third-order valence-corrected chi connectivity index (χ3v) is 3.45. The van der Waals surface area contributed by atoms with Crippen LogP contribution in [0.2, 0.25) is 0 Å². The fourth-order valence-corrected chi connectivity index (χ4v) is 2.38. The van der Waals surface area contributed by atoms with Gasteiger partial charge in [0.2, 0.25) is 0 Å². The minimum Gasteiger partial charge on any atom is -0.396 e. The highest BCUT2D eigenvalue weighted by atomic mass is 16.5. The average molecular weight is 245 g/mol. The van der Waals surface area contributed by atoms with Crippen LogP contribution < -0.4 is 10.6 Å². The molecule has 0 aliphatic carbocycles. The average Bonchev–Trinajstić information content (AvgIpc) is 2.39. The summed E-state index contributed by atoms with van der Waals surface area (Å²) in [4.78, 5) is 2.27. The van der Waals surface area contributed by atoms with Crippen LogP contribution in [0.25, 0.3) is 0 Å². The van der Waals surface area contributed by atoms with E-state index in [-0.39, 0.29) is 6.10 Å². The zero-order valence-corrected chi connectivity index (χ0v) is 10.9. The van der Waals surface area contributed by atoms with E-state index < -0.39 is 0 Å². The van der Waals surface area contributed by atoms with Gasteiger partial charge in [-0.05, 0) is 25.5 Å². The fraction of sp³-hybridized carbons (Fsp3) is 0.500. The highest BCUT2D eigenvalue weighted by molar-refractivity contribution is 5.74. The first-order valence-electron chi connectivity index (χ1n) is 6.34. The van der Waals surface area contributed by atoms with Crippen LogP contribution in [-0.2, 0) is 4.74 Å². The van der Waals surface area contributed by atoms with Gasteiger partial charge in [-0.1, -0.05) is 13.0 Å². The second-order valence-corrected chi connectivity index (χ2v) is 4.71. The molecular formula is C14H19N3O. The molecule has 96 valence electrons. The molecule has 1 aromatic rings. The van der Waals surface area contributed by atoms with Gasteiger partial charge >= 0.3 is 0 Å². The van der Waals surface area contributed by atoms with Gasteiger partial charge in [0.05, 0.1) is 35.7 Å². The SMILES string of the molecule is CCC1COC(C)CN1c1cccc(C#N)c1N. The normalized spacial score (nSPS) is 23.7. The molecule has 4 heteroatoms. The zero-order chi connectivity index (χ0) is 13.1. The Morgan fingerprint density at radius 1 is 1.56 bits per heavy atom. The molecule has 2 N–H and O–H groups in total. The lowest BCUT2D eigenvalue weighted by molar-refractivity contribution is 0.0300. The molecule has 1 fully saturated rings. The van der Waals surface area contributed by atoms with Crippen LogP contribution in [0.4, 0.5) is 11.4 Å². The molecule has 1 saturated heterocycles. The lowest BCUT2D eigenvalue weighted by Crippen LogP contribution is -2.49. The molecule has 2 unspecified atom stereocenters. The van der Waals surface area contributed by atoms with E-state index >= 15 is 0 Å². The summed E-state index contributed by atoms with van der Waals surface area (Å²) in [5.41, 5.74) is 8.16. The Morgan fingerprint density at radius 2 is 2.33 bits per heavy atom. The summed E-state index contributed by atoms with van der Waals surface area (Å²) in [5, 5.41) is 9.04. The molecule has 0 saturated carbocycles. The third-order valence-electron chi connectivity index (χ3n) is 3.45. The minimum absolute atomic E-state index is 0.193. The van der Waals surface area contributed by atoms with Crippen LogP contribution in [0.1, 0.15) is 25.8 Å². The fourth-order valence-electron chi connectivity index (χ4n) is 2.38. The van der Waals surface area contributed by atoms with Crippen LogP contribution in [0.5, 0.6) is 0 Å². The van der Waals surface area contributed by atoms with Crippen molar-refractivity contribution in [3.05, 3.63) is 23.8 Å². The van der Waals surface area contributed by atoms with Gasteiger partial charge in [-0.25, -0.2) is 0 Å². The summed E-state index contributed by atoms with van der Waals surface area (Å²) in [6.45, 7) is 5.73. The minimum atomic E-state index is 0.193. The number of nitrogens with zero attached hydrogens (tertiary/aromatic N) is 2. The van der Waals surface area contributed by atoms with Crippen molar-refractivity contribution in [2.24, 2.45) is 0 Å². The predicted molar refractivity (Wildman–Crippen MR) is 72.4 cm³/mol. The van der Waals surface area contributed by atoms with E-state index in [2.05, 4.69) is 24.8 Å². The Kier molecular flexibility index (Phi) is 3.73. The standard InChI is InChI=1S/C14H19N3O/c1-3-12-9-18-10(2)8-17(12)13-6-4-5-11(7-15)14(13)16/h4-6,10,12H,3,8-9,16H2,1-2H3. The first-order valence-corrected chi connectivity index (χ1v) is 6.34. The van der Waals surface area contributed by atoms with E-state index in [9.17, 15) is 0 Å². The second kappa shape index (κ2) is 5.28. The van der Waals surface area contributed by atoms with E-state index in [1.54, 1.807) is 6.07 Å². The summed E-state index contributed by atoms with van der Waals surface area (Å²) < 4.78 is 5.68. The van der Waals surface area contributed by atoms with Crippen molar-refractivity contribution >= 4 is 11.4 Å². The van der Waals surface area contributed by atoms with E-state index in [1.807, 2.05) is 12.1 Å². The molecule has 0 aromatic heterocycles. The molecule has 0 amide bonds. The Morgan fingerprint density at radius 3 is 3.00 bits per heavy atom. The van der Waals surface area contributed by atoms with Gasteiger partial charge in [-0.3, -0.25) is 0 Å².